The van der Waals surface area contributed by atoms with Gasteiger partial charge in [-0.2, -0.15) is 0 Å². The number of carbonyl (C=O) groups excluding carboxylic acids is 1. The van der Waals surface area contributed by atoms with E-state index in [1.165, 1.54) is 12.8 Å². The van der Waals surface area contributed by atoms with Gasteiger partial charge in [-0.05, 0) is 26.2 Å². The molecule has 1 aliphatic heterocycles. The highest BCUT2D eigenvalue weighted by atomic mass is 16.4. The molecule has 0 aromatic carbocycles. The van der Waals surface area contributed by atoms with Gasteiger partial charge in [-0.1, -0.05) is 12.8 Å². The topological polar surface area (TPSA) is 69.6 Å². The number of carboxylic acids is 1. The van der Waals surface area contributed by atoms with Crippen LogP contribution >= 0.6 is 0 Å². The highest BCUT2D eigenvalue weighted by Gasteiger charge is 2.37. The van der Waals surface area contributed by atoms with E-state index >= 15 is 0 Å². The molecular formula is C13H22N2O3. The fraction of sp³-hybridized carbons (Fsp3) is 0.846. The summed E-state index contributed by atoms with van der Waals surface area (Å²) in [6, 6.07) is 0.386. The summed E-state index contributed by atoms with van der Waals surface area (Å²) in [5, 5.41) is 11.7. The summed E-state index contributed by atoms with van der Waals surface area (Å²) in [5.41, 5.74) is 0. The van der Waals surface area contributed by atoms with Crippen LogP contribution in [-0.2, 0) is 9.59 Å². The molecule has 18 heavy (non-hydrogen) atoms. The summed E-state index contributed by atoms with van der Waals surface area (Å²) in [4.78, 5) is 25.0. The van der Waals surface area contributed by atoms with Crippen molar-refractivity contribution in [3.05, 3.63) is 0 Å². The van der Waals surface area contributed by atoms with Gasteiger partial charge in [0.1, 0.15) is 0 Å². The maximum absolute atomic E-state index is 12.0. The highest BCUT2D eigenvalue weighted by molar-refractivity contribution is 5.83. The Kier molecular flexibility index (Phi) is 4.22. The number of nitrogens with zero attached hydrogens (tertiary/aromatic N) is 1. The highest BCUT2D eigenvalue weighted by Crippen LogP contribution is 2.28. The number of hydrogen-bond acceptors (Lipinski definition) is 3. The predicted octanol–water partition coefficient (Wildman–Crippen LogP) is 0.983. The molecule has 1 aliphatic carbocycles. The minimum absolute atomic E-state index is 0.00176. The second kappa shape index (κ2) is 5.69. The number of aliphatic carboxylic acids is 1. The number of rotatable bonds is 4. The molecule has 0 radical (unpaired) electrons. The molecule has 2 fully saturated rings. The molecule has 0 aromatic heterocycles. The Bertz CT molecular complexity index is 326. The number of amides is 1. The van der Waals surface area contributed by atoms with Crippen molar-refractivity contribution in [2.45, 2.75) is 63.6 Å². The van der Waals surface area contributed by atoms with Crippen molar-refractivity contribution in [2.24, 2.45) is 0 Å². The second-order valence-corrected chi connectivity index (χ2v) is 5.49. The maximum Gasteiger partial charge on any atom is 0.303 e. The van der Waals surface area contributed by atoms with Crippen LogP contribution in [-0.4, -0.2) is 46.6 Å². The first kappa shape index (κ1) is 13.3. The molecule has 2 aliphatic rings. The van der Waals surface area contributed by atoms with Gasteiger partial charge in [-0.25, -0.2) is 0 Å². The number of nitrogens with one attached hydrogen (secondary N) is 1. The lowest BCUT2D eigenvalue weighted by atomic mass is 10.0. The molecule has 2 atom stereocenters. The zero-order valence-electron chi connectivity index (χ0n) is 10.9. The third-order valence-corrected chi connectivity index (χ3v) is 4.00. The van der Waals surface area contributed by atoms with Crippen LogP contribution in [0.5, 0.6) is 0 Å². The van der Waals surface area contributed by atoms with Gasteiger partial charge in [-0.3, -0.25) is 14.5 Å². The lowest BCUT2D eigenvalue weighted by molar-refractivity contribution is -0.138. The Morgan fingerprint density at radius 1 is 1.44 bits per heavy atom. The van der Waals surface area contributed by atoms with E-state index in [9.17, 15) is 9.59 Å². The number of carboxylic acid groups (broad SMARTS) is 1. The summed E-state index contributed by atoms with van der Waals surface area (Å²) in [6.07, 6.45) is 5.22. The van der Waals surface area contributed by atoms with Crippen molar-refractivity contribution >= 4 is 11.9 Å². The Labute approximate surface area is 108 Å². The summed E-state index contributed by atoms with van der Waals surface area (Å²) in [5.74, 6) is -0.824. The molecule has 0 bridgehead atoms. The minimum atomic E-state index is -0.826. The molecule has 102 valence electrons. The van der Waals surface area contributed by atoms with E-state index in [4.69, 9.17) is 5.11 Å². The fourth-order valence-electron chi connectivity index (χ4n) is 3.18. The number of carbonyl (C=O) groups is 2. The fourth-order valence-corrected chi connectivity index (χ4v) is 3.18. The van der Waals surface area contributed by atoms with Crippen LogP contribution in [0.4, 0.5) is 0 Å². The van der Waals surface area contributed by atoms with Crippen LogP contribution in [0.25, 0.3) is 0 Å². The van der Waals surface area contributed by atoms with E-state index in [-0.39, 0.29) is 24.4 Å². The quantitative estimate of drug-likeness (QED) is 0.784. The molecule has 5 nitrogen and oxygen atoms in total. The molecule has 5 heteroatoms. The lowest BCUT2D eigenvalue weighted by Crippen LogP contribution is -2.61. The standard InChI is InChI=1S/C13H22N2O3/c1-9-8-15(10-4-2-3-5-10)11(13(18)14-9)6-7-12(16)17/h9-11H,2-8H2,1H3,(H,14,18)(H,16,17). The van der Waals surface area contributed by atoms with Gasteiger partial charge in [0.15, 0.2) is 0 Å². The third-order valence-electron chi connectivity index (χ3n) is 4.00. The van der Waals surface area contributed by atoms with Crippen LogP contribution in [0, 0.1) is 0 Å². The largest absolute Gasteiger partial charge is 0.481 e. The van der Waals surface area contributed by atoms with E-state index in [0.717, 1.165) is 19.4 Å². The number of hydrogen-bond donors (Lipinski definition) is 2. The van der Waals surface area contributed by atoms with Gasteiger partial charge < -0.3 is 10.4 Å². The molecule has 0 spiro atoms. The zero-order chi connectivity index (χ0) is 13.1. The average molecular weight is 254 g/mol. The summed E-state index contributed by atoms with van der Waals surface area (Å²) in [7, 11) is 0. The normalized spacial score (nSPS) is 30.4. The van der Waals surface area contributed by atoms with Crippen LogP contribution < -0.4 is 5.32 Å². The second-order valence-electron chi connectivity index (χ2n) is 5.49. The minimum Gasteiger partial charge on any atom is -0.481 e. The van der Waals surface area contributed by atoms with E-state index < -0.39 is 5.97 Å². The van der Waals surface area contributed by atoms with Crippen LogP contribution in [0.1, 0.15) is 45.4 Å². The summed E-state index contributed by atoms with van der Waals surface area (Å²) >= 11 is 0. The Morgan fingerprint density at radius 2 is 2.11 bits per heavy atom. The first-order valence-corrected chi connectivity index (χ1v) is 6.86. The van der Waals surface area contributed by atoms with Gasteiger partial charge in [-0.15, -0.1) is 0 Å². The molecule has 1 heterocycles. The molecule has 1 amide bonds. The maximum atomic E-state index is 12.0. The van der Waals surface area contributed by atoms with Gasteiger partial charge >= 0.3 is 5.97 Å². The van der Waals surface area contributed by atoms with Crippen LogP contribution in [0.2, 0.25) is 0 Å². The van der Waals surface area contributed by atoms with E-state index in [2.05, 4.69) is 10.2 Å². The molecule has 2 N–H and O–H groups in total. The van der Waals surface area contributed by atoms with Crippen LogP contribution in [0.15, 0.2) is 0 Å². The molecule has 2 unspecified atom stereocenters. The predicted molar refractivity (Wildman–Crippen MR) is 67.2 cm³/mol. The third kappa shape index (κ3) is 3.02. The molecule has 1 saturated carbocycles. The molecule has 1 saturated heterocycles. The van der Waals surface area contributed by atoms with E-state index in [1.807, 2.05) is 6.92 Å². The van der Waals surface area contributed by atoms with Crippen molar-refractivity contribution in [3.8, 4) is 0 Å². The SMILES string of the molecule is CC1CN(C2CCCC2)C(CCC(=O)O)C(=O)N1. The Morgan fingerprint density at radius 3 is 2.72 bits per heavy atom. The van der Waals surface area contributed by atoms with Crippen molar-refractivity contribution in [1.29, 1.82) is 0 Å². The van der Waals surface area contributed by atoms with Crippen molar-refractivity contribution in [2.75, 3.05) is 6.54 Å². The lowest BCUT2D eigenvalue weighted by Gasteiger charge is -2.41. The van der Waals surface area contributed by atoms with Crippen molar-refractivity contribution in [3.63, 3.8) is 0 Å². The van der Waals surface area contributed by atoms with Gasteiger partial charge in [0.25, 0.3) is 0 Å². The summed E-state index contributed by atoms with van der Waals surface area (Å²) in [6.45, 7) is 2.86. The van der Waals surface area contributed by atoms with E-state index in [0.29, 0.717) is 12.5 Å². The first-order valence-electron chi connectivity index (χ1n) is 6.86. The molecule has 2 rings (SSSR count). The summed E-state index contributed by atoms with van der Waals surface area (Å²) < 4.78 is 0. The van der Waals surface area contributed by atoms with Gasteiger partial charge in [0.2, 0.25) is 5.91 Å². The first-order chi connectivity index (χ1) is 8.58. The van der Waals surface area contributed by atoms with E-state index in [1.54, 1.807) is 0 Å². The smallest absolute Gasteiger partial charge is 0.303 e. The van der Waals surface area contributed by atoms with Crippen LogP contribution in [0.3, 0.4) is 0 Å². The van der Waals surface area contributed by atoms with Crippen molar-refractivity contribution < 1.29 is 14.7 Å². The van der Waals surface area contributed by atoms with Crippen molar-refractivity contribution in [1.82, 2.24) is 10.2 Å². The van der Waals surface area contributed by atoms with Gasteiger partial charge in [0.05, 0.1) is 6.04 Å². The monoisotopic (exact) mass is 254 g/mol. The number of piperazine rings is 1. The zero-order valence-corrected chi connectivity index (χ0v) is 10.9. The average Bonchev–Trinajstić information content (AvgIpc) is 2.79. The molecular weight excluding hydrogens is 232 g/mol. The van der Waals surface area contributed by atoms with Gasteiger partial charge in [0, 0.05) is 25.0 Å². The Balaban J connectivity index is 2.04. The molecule has 0 aromatic rings. The Hall–Kier alpha value is -1.10.